The lowest BCUT2D eigenvalue weighted by molar-refractivity contribution is -0.256. The first-order valence-corrected chi connectivity index (χ1v) is 7.10. The Kier molecular flexibility index (Phi) is 3.56. The molecule has 0 saturated heterocycles. The van der Waals surface area contributed by atoms with Crippen LogP contribution in [0.2, 0.25) is 0 Å². The summed E-state index contributed by atoms with van der Waals surface area (Å²) in [6, 6.07) is 7.76. The zero-order valence-electron chi connectivity index (χ0n) is 12.9. The van der Waals surface area contributed by atoms with Crippen LogP contribution < -0.4 is 5.43 Å². The van der Waals surface area contributed by atoms with Gasteiger partial charge >= 0.3 is 6.18 Å². The highest BCUT2D eigenvalue weighted by Crippen LogP contribution is 2.44. The first-order chi connectivity index (χ1) is 11.1. The molecular weight excluding hydrogens is 323 g/mol. The first kappa shape index (κ1) is 16.3. The van der Waals surface area contributed by atoms with Crippen LogP contribution in [-0.4, -0.2) is 15.8 Å². The molecule has 2 aromatic heterocycles. The van der Waals surface area contributed by atoms with E-state index in [9.17, 15) is 23.1 Å². The Balaban J connectivity index is 2.35. The van der Waals surface area contributed by atoms with Crippen LogP contribution in [0.15, 0.2) is 51.8 Å². The summed E-state index contributed by atoms with van der Waals surface area (Å²) in [6.45, 7) is 1.75. The highest BCUT2D eigenvalue weighted by molar-refractivity contribution is 5.77. The fourth-order valence-electron chi connectivity index (χ4n) is 2.70. The van der Waals surface area contributed by atoms with Gasteiger partial charge in [0.15, 0.2) is 11.2 Å². The monoisotopic (exact) mass is 337 g/mol. The van der Waals surface area contributed by atoms with Crippen LogP contribution in [0.1, 0.15) is 17.0 Å². The van der Waals surface area contributed by atoms with Gasteiger partial charge in [-0.25, -0.2) is 0 Å². The van der Waals surface area contributed by atoms with E-state index in [2.05, 4.69) is 0 Å². The van der Waals surface area contributed by atoms with E-state index in [4.69, 9.17) is 4.42 Å². The third-order valence-electron chi connectivity index (χ3n) is 3.96. The summed E-state index contributed by atoms with van der Waals surface area (Å²) in [7, 11) is 1.37. The predicted molar refractivity (Wildman–Crippen MR) is 81.7 cm³/mol. The summed E-state index contributed by atoms with van der Waals surface area (Å²) in [5.41, 5.74) is -3.75. The highest BCUT2D eigenvalue weighted by atomic mass is 19.4. The molecule has 1 unspecified atom stereocenters. The Bertz CT molecular complexity index is 971. The van der Waals surface area contributed by atoms with Crippen molar-refractivity contribution >= 4 is 11.0 Å². The minimum absolute atomic E-state index is 0.0139. The maximum Gasteiger partial charge on any atom is 0.430 e. The van der Waals surface area contributed by atoms with Crippen molar-refractivity contribution in [2.75, 3.05) is 0 Å². The molecule has 0 spiro atoms. The van der Waals surface area contributed by atoms with Crippen molar-refractivity contribution in [2.24, 2.45) is 7.05 Å². The number of fused-ring (bicyclic) bond motifs is 1. The number of alkyl halides is 3. The molecule has 2 heterocycles. The number of halogens is 3. The van der Waals surface area contributed by atoms with Gasteiger partial charge in [-0.1, -0.05) is 11.6 Å². The van der Waals surface area contributed by atoms with Gasteiger partial charge in [0.2, 0.25) is 0 Å². The number of aliphatic hydroxyl groups is 1. The second-order valence-electron chi connectivity index (χ2n) is 5.69. The fourth-order valence-corrected chi connectivity index (χ4v) is 2.70. The van der Waals surface area contributed by atoms with Gasteiger partial charge in [0.25, 0.3) is 5.60 Å². The number of aromatic nitrogens is 1. The Morgan fingerprint density at radius 3 is 2.46 bits per heavy atom. The van der Waals surface area contributed by atoms with Gasteiger partial charge in [0.05, 0.1) is 11.1 Å². The molecule has 24 heavy (non-hydrogen) atoms. The molecule has 0 amide bonds. The molecule has 7 heteroatoms. The summed E-state index contributed by atoms with van der Waals surface area (Å²) in [4.78, 5) is 12.2. The molecular formula is C17H14F3NO3. The number of hydrogen-bond acceptors (Lipinski definition) is 3. The second kappa shape index (κ2) is 5.24. The largest absolute Gasteiger partial charge is 0.457 e. The van der Waals surface area contributed by atoms with Gasteiger partial charge in [-0.2, -0.15) is 13.2 Å². The quantitative estimate of drug-likeness (QED) is 0.781. The van der Waals surface area contributed by atoms with Crippen molar-refractivity contribution in [2.45, 2.75) is 18.7 Å². The number of rotatable bonds is 2. The minimum Gasteiger partial charge on any atom is -0.457 e. The molecule has 0 aliphatic rings. The molecule has 3 rings (SSSR count). The average molecular weight is 337 g/mol. The van der Waals surface area contributed by atoms with E-state index >= 15 is 0 Å². The molecule has 0 saturated carbocycles. The van der Waals surface area contributed by atoms with E-state index in [-0.39, 0.29) is 11.0 Å². The van der Waals surface area contributed by atoms with Crippen molar-refractivity contribution in [1.82, 2.24) is 4.57 Å². The number of aryl methyl sites for hydroxylation is 2. The molecule has 0 bridgehead atoms. The lowest BCUT2D eigenvalue weighted by Gasteiger charge is -2.30. The van der Waals surface area contributed by atoms with Crippen molar-refractivity contribution in [3.63, 3.8) is 0 Å². The van der Waals surface area contributed by atoms with E-state index < -0.39 is 28.7 Å². The Labute approximate surface area is 134 Å². The lowest BCUT2D eigenvalue weighted by Crippen LogP contribution is -2.45. The second-order valence-corrected chi connectivity index (χ2v) is 5.69. The molecule has 0 fully saturated rings. The summed E-state index contributed by atoms with van der Waals surface area (Å²) >= 11 is 0. The molecule has 0 radical (unpaired) electrons. The van der Waals surface area contributed by atoms with E-state index in [1.165, 1.54) is 31.4 Å². The highest BCUT2D eigenvalue weighted by Gasteiger charge is 2.60. The normalized spacial score (nSPS) is 14.8. The van der Waals surface area contributed by atoms with Crippen molar-refractivity contribution in [3.8, 4) is 0 Å². The standard InChI is InChI=1S/C17H14F3NO3/c1-10-5-6-13-11(8-10)12(22)9-15(24-13)16(23,17(18,19)20)14-4-3-7-21(14)2/h3-9,23H,1-2H3. The fraction of sp³-hybridized carbons (Fsp3) is 0.235. The summed E-state index contributed by atoms with van der Waals surface area (Å²) in [5, 5.41) is 10.7. The van der Waals surface area contributed by atoms with Crippen LogP contribution in [-0.2, 0) is 12.6 Å². The molecule has 1 atom stereocenters. The summed E-state index contributed by atoms with van der Waals surface area (Å²) in [6.07, 6.45) is -3.71. The van der Waals surface area contributed by atoms with Gasteiger partial charge in [-0.15, -0.1) is 0 Å². The minimum atomic E-state index is -5.08. The van der Waals surface area contributed by atoms with Crippen molar-refractivity contribution in [1.29, 1.82) is 0 Å². The molecule has 4 nitrogen and oxygen atoms in total. The number of nitrogens with zero attached hydrogens (tertiary/aromatic N) is 1. The molecule has 0 aliphatic heterocycles. The van der Waals surface area contributed by atoms with Crippen LogP contribution >= 0.6 is 0 Å². The van der Waals surface area contributed by atoms with Gasteiger partial charge in [-0.05, 0) is 31.2 Å². The summed E-state index contributed by atoms with van der Waals surface area (Å²) < 4.78 is 47.5. The summed E-state index contributed by atoms with van der Waals surface area (Å²) in [5.74, 6) is -0.863. The lowest BCUT2D eigenvalue weighted by atomic mass is 9.94. The van der Waals surface area contributed by atoms with Crippen LogP contribution in [0.25, 0.3) is 11.0 Å². The van der Waals surface area contributed by atoms with Gasteiger partial charge in [0.1, 0.15) is 5.58 Å². The topological polar surface area (TPSA) is 55.4 Å². The smallest absolute Gasteiger partial charge is 0.430 e. The van der Waals surface area contributed by atoms with Crippen LogP contribution in [0.5, 0.6) is 0 Å². The SMILES string of the molecule is Cc1ccc2oc(C(O)(c3cccn3C)C(F)(F)F)cc(=O)c2c1. The zero-order chi connectivity index (χ0) is 17.7. The van der Waals surface area contributed by atoms with Crippen LogP contribution in [0, 0.1) is 6.92 Å². The third-order valence-corrected chi connectivity index (χ3v) is 3.96. The van der Waals surface area contributed by atoms with E-state index in [1.54, 1.807) is 13.0 Å². The molecule has 0 aliphatic carbocycles. The van der Waals surface area contributed by atoms with Gasteiger partial charge in [-0.3, -0.25) is 4.79 Å². The predicted octanol–water partition coefficient (Wildman–Crippen LogP) is 3.24. The van der Waals surface area contributed by atoms with E-state index in [1.807, 2.05) is 0 Å². The Morgan fingerprint density at radius 1 is 1.17 bits per heavy atom. The molecule has 3 aromatic rings. The van der Waals surface area contributed by atoms with Crippen LogP contribution in [0.3, 0.4) is 0 Å². The van der Waals surface area contributed by atoms with E-state index in [0.29, 0.717) is 6.07 Å². The number of benzene rings is 1. The maximum absolute atomic E-state index is 13.7. The van der Waals surface area contributed by atoms with Crippen molar-refractivity contribution < 1.29 is 22.7 Å². The van der Waals surface area contributed by atoms with Crippen molar-refractivity contribution in [3.05, 3.63) is 69.8 Å². The molecule has 1 N–H and O–H groups in total. The van der Waals surface area contributed by atoms with Gasteiger partial charge < -0.3 is 14.1 Å². The van der Waals surface area contributed by atoms with Crippen LogP contribution in [0.4, 0.5) is 13.2 Å². The zero-order valence-corrected chi connectivity index (χ0v) is 12.9. The number of hydrogen-bond donors (Lipinski definition) is 1. The maximum atomic E-state index is 13.7. The Morgan fingerprint density at radius 2 is 1.88 bits per heavy atom. The average Bonchev–Trinajstić information content (AvgIpc) is 2.92. The van der Waals surface area contributed by atoms with E-state index in [0.717, 1.165) is 16.2 Å². The first-order valence-electron chi connectivity index (χ1n) is 7.10. The Hall–Kier alpha value is -2.54. The molecule has 126 valence electrons. The third kappa shape index (κ3) is 2.32. The van der Waals surface area contributed by atoms with Gasteiger partial charge in [0, 0.05) is 19.3 Å². The molecule has 1 aromatic carbocycles.